The Kier molecular flexibility index (Phi) is 3.79. The lowest BCUT2D eigenvalue weighted by atomic mass is 10.1. The second-order valence-corrected chi connectivity index (χ2v) is 6.88. The maximum Gasteiger partial charge on any atom is 0.251 e. The van der Waals surface area contributed by atoms with E-state index in [-0.39, 0.29) is 5.91 Å². The summed E-state index contributed by atoms with van der Waals surface area (Å²) >= 11 is 0. The van der Waals surface area contributed by atoms with Gasteiger partial charge in [0, 0.05) is 22.9 Å². The quantitative estimate of drug-likeness (QED) is 0.575. The summed E-state index contributed by atoms with van der Waals surface area (Å²) in [6, 6.07) is 17.4. The summed E-state index contributed by atoms with van der Waals surface area (Å²) in [5, 5.41) is 2.98. The highest BCUT2D eigenvalue weighted by molar-refractivity contribution is 5.95. The summed E-state index contributed by atoms with van der Waals surface area (Å²) in [6.07, 6.45) is 3.82. The molecule has 0 aliphatic heterocycles. The van der Waals surface area contributed by atoms with Crippen LogP contribution in [0.25, 0.3) is 28.2 Å². The van der Waals surface area contributed by atoms with Crippen molar-refractivity contribution in [1.82, 2.24) is 24.8 Å². The molecule has 0 bridgehead atoms. The molecule has 1 saturated carbocycles. The maximum absolute atomic E-state index is 12.2. The van der Waals surface area contributed by atoms with Crippen LogP contribution in [0.1, 0.15) is 23.2 Å². The summed E-state index contributed by atoms with van der Waals surface area (Å²) in [5.41, 5.74) is 9.70. The number of amides is 1. The molecule has 7 heteroatoms. The molecule has 0 saturated heterocycles. The van der Waals surface area contributed by atoms with Crippen LogP contribution >= 0.6 is 0 Å². The molecule has 1 amide bonds. The molecule has 2 heterocycles. The van der Waals surface area contributed by atoms with Crippen molar-refractivity contribution in [3.8, 4) is 17.1 Å². The number of nitrogens with zero attached hydrogens (tertiary/aromatic N) is 4. The number of carbonyl (C=O) groups excluding carboxylic acids is 1. The summed E-state index contributed by atoms with van der Waals surface area (Å²) in [5.74, 6) is 0.772. The number of fused-ring (bicyclic) bond motifs is 1. The number of para-hydroxylation sites is 1. The highest BCUT2D eigenvalue weighted by Crippen LogP contribution is 2.25. The predicted octanol–water partition coefficient (Wildman–Crippen LogP) is 2.96. The normalized spacial score (nSPS) is 13.6. The fraction of sp³-hybridized carbons (Fsp3) is 0.143. The number of benzene rings is 2. The number of carbonyl (C=O) groups is 1. The second kappa shape index (κ2) is 6.45. The zero-order valence-corrected chi connectivity index (χ0v) is 15.0. The number of nitrogen functional groups attached to an aromatic ring is 1. The molecule has 1 aliphatic rings. The van der Waals surface area contributed by atoms with E-state index < -0.39 is 0 Å². The van der Waals surface area contributed by atoms with Gasteiger partial charge in [-0.1, -0.05) is 30.3 Å². The maximum atomic E-state index is 12.2. The molecule has 0 radical (unpaired) electrons. The average molecular weight is 370 g/mol. The number of anilines is 1. The van der Waals surface area contributed by atoms with E-state index in [9.17, 15) is 4.79 Å². The molecule has 7 nitrogen and oxygen atoms in total. The second-order valence-electron chi connectivity index (χ2n) is 6.88. The van der Waals surface area contributed by atoms with E-state index in [2.05, 4.69) is 20.3 Å². The highest BCUT2D eigenvalue weighted by atomic mass is 16.1. The lowest BCUT2D eigenvalue weighted by Gasteiger charge is -2.07. The number of nitrogens with two attached hydrogens (primary N) is 1. The first kappa shape index (κ1) is 16.4. The van der Waals surface area contributed by atoms with Crippen LogP contribution in [0.5, 0.6) is 0 Å². The van der Waals surface area contributed by atoms with Gasteiger partial charge < -0.3 is 11.1 Å². The zero-order valence-electron chi connectivity index (χ0n) is 15.0. The van der Waals surface area contributed by atoms with E-state index >= 15 is 0 Å². The minimum absolute atomic E-state index is 0.0490. The molecule has 1 fully saturated rings. The Bertz CT molecular complexity index is 1160. The fourth-order valence-electron chi connectivity index (χ4n) is 3.10. The number of hydrogen-bond donors (Lipinski definition) is 2. The van der Waals surface area contributed by atoms with Crippen LogP contribution in [0.2, 0.25) is 0 Å². The van der Waals surface area contributed by atoms with Crippen molar-refractivity contribution in [2.45, 2.75) is 18.9 Å². The van der Waals surface area contributed by atoms with Crippen molar-refractivity contribution in [3.63, 3.8) is 0 Å². The van der Waals surface area contributed by atoms with Gasteiger partial charge >= 0.3 is 0 Å². The first-order chi connectivity index (χ1) is 13.7. The number of aromatic nitrogens is 4. The van der Waals surface area contributed by atoms with Gasteiger partial charge in [-0.05, 0) is 37.1 Å². The van der Waals surface area contributed by atoms with E-state index in [0.717, 1.165) is 24.1 Å². The van der Waals surface area contributed by atoms with Gasteiger partial charge in [-0.2, -0.15) is 0 Å². The highest BCUT2D eigenvalue weighted by Gasteiger charge is 2.23. The molecule has 138 valence electrons. The lowest BCUT2D eigenvalue weighted by Crippen LogP contribution is -2.25. The summed E-state index contributed by atoms with van der Waals surface area (Å²) in [6.45, 7) is 0. The molecule has 0 atom stereocenters. The first-order valence-corrected chi connectivity index (χ1v) is 9.16. The van der Waals surface area contributed by atoms with Gasteiger partial charge in [-0.15, -0.1) is 0 Å². The largest absolute Gasteiger partial charge is 0.382 e. The molecule has 2 aromatic heterocycles. The zero-order chi connectivity index (χ0) is 19.1. The smallest absolute Gasteiger partial charge is 0.251 e. The lowest BCUT2D eigenvalue weighted by molar-refractivity contribution is 0.0951. The third-order valence-electron chi connectivity index (χ3n) is 4.78. The van der Waals surface area contributed by atoms with E-state index in [1.807, 2.05) is 47.0 Å². The molecule has 0 spiro atoms. The van der Waals surface area contributed by atoms with E-state index in [0.29, 0.717) is 34.4 Å². The van der Waals surface area contributed by atoms with Crippen molar-refractivity contribution in [1.29, 1.82) is 0 Å². The molecular weight excluding hydrogens is 352 g/mol. The topological polar surface area (TPSA) is 98.7 Å². The SMILES string of the molecule is Nc1nc(-c2ccc(C(=O)NC3CC3)cc2)nc2c1ncn2-c1ccccc1. The van der Waals surface area contributed by atoms with Gasteiger partial charge in [0.2, 0.25) is 0 Å². The first-order valence-electron chi connectivity index (χ1n) is 9.16. The summed E-state index contributed by atoms with van der Waals surface area (Å²) < 4.78 is 1.88. The molecule has 1 aliphatic carbocycles. The van der Waals surface area contributed by atoms with Gasteiger partial charge in [0.05, 0.1) is 0 Å². The number of nitrogens with one attached hydrogen (secondary N) is 1. The van der Waals surface area contributed by atoms with Crippen molar-refractivity contribution in [2.75, 3.05) is 5.73 Å². The van der Waals surface area contributed by atoms with Crippen molar-refractivity contribution in [2.24, 2.45) is 0 Å². The number of imidazole rings is 1. The predicted molar refractivity (Wildman–Crippen MR) is 107 cm³/mol. The minimum Gasteiger partial charge on any atom is -0.382 e. The Balaban J connectivity index is 1.53. The van der Waals surface area contributed by atoms with Gasteiger partial charge in [-0.25, -0.2) is 15.0 Å². The average Bonchev–Trinajstić information content (AvgIpc) is 3.44. The summed E-state index contributed by atoms with van der Waals surface area (Å²) in [7, 11) is 0. The standard InChI is InChI=1S/C21H18N6O/c22-18-17-20(27(12-23-17)16-4-2-1-3-5-16)26-19(25-18)13-6-8-14(9-7-13)21(28)24-15-10-11-15/h1-9,12,15H,10-11H2,(H,24,28)(H2,22,25,26). The molecular formula is C21H18N6O. The molecule has 0 unspecified atom stereocenters. The van der Waals surface area contributed by atoms with Crippen LogP contribution in [0.15, 0.2) is 60.9 Å². The summed E-state index contributed by atoms with van der Waals surface area (Å²) in [4.78, 5) is 25.6. The Morgan fingerprint density at radius 1 is 1.04 bits per heavy atom. The van der Waals surface area contributed by atoms with E-state index in [4.69, 9.17) is 5.73 Å². The third kappa shape index (κ3) is 2.96. The minimum atomic E-state index is -0.0490. The van der Waals surface area contributed by atoms with Crippen molar-refractivity contribution < 1.29 is 4.79 Å². The Labute approximate surface area is 161 Å². The number of hydrogen-bond acceptors (Lipinski definition) is 5. The van der Waals surface area contributed by atoms with Crippen LogP contribution in [0.4, 0.5) is 5.82 Å². The van der Waals surface area contributed by atoms with Crippen LogP contribution < -0.4 is 11.1 Å². The van der Waals surface area contributed by atoms with E-state index in [1.165, 1.54) is 0 Å². The molecule has 4 aromatic rings. The fourth-order valence-corrected chi connectivity index (χ4v) is 3.10. The van der Waals surface area contributed by atoms with Crippen molar-refractivity contribution >= 4 is 22.9 Å². The van der Waals surface area contributed by atoms with Crippen LogP contribution in [-0.4, -0.2) is 31.5 Å². The molecule has 2 aromatic carbocycles. The molecule has 3 N–H and O–H groups in total. The molecule has 28 heavy (non-hydrogen) atoms. The Morgan fingerprint density at radius 3 is 2.50 bits per heavy atom. The molecule has 5 rings (SSSR count). The van der Waals surface area contributed by atoms with Crippen LogP contribution in [0.3, 0.4) is 0 Å². The van der Waals surface area contributed by atoms with Crippen molar-refractivity contribution in [3.05, 3.63) is 66.5 Å². The van der Waals surface area contributed by atoms with Crippen LogP contribution in [0, 0.1) is 0 Å². The monoisotopic (exact) mass is 370 g/mol. The Hall–Kier alpha value is -3.74. The van der Waals surface area contributed by atoms with Gasteiger partial charge in [0.1, 0.15) is 6.33 Å². The van der Waals surface area contributed by atoms with Gasteiger partial charge in [0.15, 0.2) is 22.8 Å². The van der Waals surface area contributed by atoms with Gasteiger partial charge in [0.25, 0.3) is 5.91 Å². The van der Waals surface area contributed by atoms with Gasteiger partial charge in [-0.3, -0.25) is 9.36 Å². The number of rotatable bonds is 4. The third-order valence-corrected chi connectivity index (χ3v) is 4.78. The Morgan fingerprint density at radius 2 is 1.79 bits per heavy atom. The van der Waals surface area contributed by atoms with Crippen LogP contribution in [-0.2, 0) is 0 Å². The van der Waals surface area contributed by atoms with E-state index in [1.54, 1.807) is 18.5 Å².